The molecule has 0 aliphatic heterocycles. The van der Waals surface area contributed by atoms with Crippen LogP contribution >= 0.6 is 11.3 Å². The SMILES string of the molecule is CCNCc1sc(-c2cc(OC)cc(OC)c2)nc1CC. The highest BCUT2D eigenvalue weighted by atomic mass is 32.1. The monoisotopic (exact) mass is 306 g/mol. The molecule has 0 amide bonds. The van der Waals surface area contributed by atoms with Crippen LogP contribution in [0.3, 0.4) is 0 Å². The van der Waals surface area contributed by atoms with E-state index in [1.54, 1.807) is 25.6 Å². The summed E-state index contributed by atoms with van der Waals surface area (Å²) in [4.78, 5) is 6.07. The Hall–Kier alpha value is -1.59. The third kappa shape index (κ3) is 3.74. The number of aryl methyl sites for hydroxylation is 1. The Labute approximate surface area is 130 Å². The van der Waals surface area contributed by atoms with Crippen molar-refractivity contribution in [2.45, 2.75) is 26.8 Å². The molecule has 0 atom stereocenters. The molecule has 1 aromatic carbocycles. The van der Waals surface area contributed by atoms with Crippen molar-refractivity contribution in [3.05, 3.63) is 28.8 Å². The Morgan fingerprint density at radius 1 is 1.10 bits per heavy atom. The number of rotatable bonds is 7. The molecule has 0 radical (unpaired) electrons. The summed E-state index contributed by atoms with van der Waals surface area (Å²) in [5, 5.41) is 4.38. The van der Waals surface area contributed by atoms with E-state index in [-0.39, 0.29) is 0 Å². The van der Waals surface area contributed by atoms with Gasteiger partial charge in [-0.2, -0.15) is 0 Å². The van der Waals surface area contributed by atoms with Gasteiger partial charge >= 0.3 is 0 Å². The smallest absolute Gasteiger partial charge is 0.124 e. The minimum absolute atomic E-state index is 0.783. The highest BCUT2D eigenvalue weighted by molar-refractivity contribution is 7.15. The van der Waals surface area contributed by atoms with Crippen LogP contribution in [0.4, 0.5) is 0 Å². The molecule has 5 heteroatoms. The van der Waals surface area contributed by atoms with Crippen molar-refractivity contribution < 1.29 is 9.47 Å². The number of aromatic nitrogens is 1. The first-order chi connectivity index (χ1) is 10.2. The predicted molar refractivity (Wildman–Crippen MR) is 87.4 cm³/mol. The van der Waals surface area contributed by atoms with E-state index in [2.05, 4.69) is 19.2 Å². The van der Waals surface area contributed by atoms with E-state index >= 15 is 0 Å². The van der Waals surface area contributed by atoms with Crippen molar-refractivity contribution in [2.24, 2.45) is 0 Å². The fourth-order valence-electron chi connectivity index (χ4n) is 2.09. The van der Waals surface area contributed by atoms with E-state index in [0.717, 1.165) is 47.3 Å². The molecule has 1 N–H and O–H groups in total. The number of hydrogen-bond donors (Lipinski definition) is 1. The van der Waals surface area contributed by atoms with Crippen molar-refractivity contribution in [3.8, 4) is 22.1 Å². The number of methoxy groups -OCH3 is 2. The fourth-order valence-corrected chi connectivity index (χ4v) is 3.20. The molecular weight excluding hydrogens is 284 g/mol. The third-order valence-corrected chi connectivity index (χ3v) is 4.39. The second-order valence-electron chi connectivity index (χ2n) is 4.62. The lowest BCUT2D eigenvalue weighted by atomic mass is 10.2. The Kier molecular flexibility index (Phi) is 5.59. The number of ether oxygens (including phenoxy) is 2. The summed E-state index contributed by atoms with van der Waals surface area (Å²) in [6.45, 7) is 6.09. The summed E-state index contributed by atoms with van der Waals surface area (Å²) in [7, 11) is 3.32. The molecule has 21 heavy (non-hydrogen) atoms. The van der Waals surface area contributed by atoms with Crippen molar-refractivity contribution >= 4 is 11.3 Å². The van der Waals surface area contributed by atoms with Crippen molar-refractivity contribution in [1.29, 1.82) is 0 Å². The van der Waals surface area contributed by atoms with E-state index in [9.17, 15) is 0 Å². The van der Waals surface area contributed by atoms with Crippen molar-refractivity contribution in [1.82, 2.24) is 10.3 Å². The maximum absolute atomic E-state index is 5.33. The summed E-state index contributed by atoms with van der Waals surface area (Å²) in [6.07, 6.45) is 0.943. The van der Waals surface area contributed by atoms with Gasteiger partial charge in [0.15, 0.2) is 0 Å². The first-order valence-electron chi connectivity index (χ1n) is 7.14. The van der Waals surface area contributed by atoms with E-state index in [1.165, 1.54) is 4.88 Å². The van der Waals surface area contributed by atoms with Crippen LogP contribution in [-0.2, 0) is 13.0 Å². The molecule has 0 saturated heterocycles. The summed E-state index contributed by atoms with van der Waals surface area (Å²) >= 11 is 1.73. The second kappa shape index (κ2) is 7.43. The molecule has 0 unspecified atom stereocenters. The minimum atomic E-state index is 0.783. The lowest BCUT2D eigenvalue weighted by Crippen LogP contribution is -2.11. The zero-order valence-corrected chi connectivity index (χ0v) is 13.8. The molecule has 0 fully saturated rings. The quantitative estimate of drug-likeness (QED) is 0.850. The van der Waals surface area contributed by atoms with E-state index in [4.69, 9.17) is 14.5 Å². The van der Waals surface area contributed by atoms with Gasteiger partial charge in [-0.15, -0.1) is 11.3 Å². The van der Waals surface area contributed by atoms with Gasteiger partial charge in [0.2, 0.25) is 0 Å². The van der Waals surface area contributed by atoms with Gasteiger partial charge < -0.3 is 14.8 Å². The molecule has 4 nitrogen and oxygen atoms in total. The molecule has 0 spiro atoms. The highest BCUT2D eigenvalue weighted by Gasteiger charge is 2.13. The highest BCUT2D eigenvalue weighted by Crippen LogP contribution is 2.33. The Bertz CT molecular complexity index is 574. The zero-order valence-electron chi connectivity index (χ0n) is 13.0. The second-order valence-corrected chi connectivity index (χ2v) is 5.71. The van der Waals surface area contributed by atoms with Gasteiger partial charge in [0.05, 0.1) is 19.9 Å². The molecular formula is C16H22N2O2S. The molecule has 0 saturated carbocycles. The number of benzene rings is 1. The van der Waals surface area contributed by atoms with Crippen LogP contribution in [0, 0.1) is 0 Å². The molecule has 1 heterocycles. The normalized spacial score (nSPS) is 10.7. The van der Waals surface area contributed by atoms with Crippen LogP contribution in [0.2, 0.25) is 0 Å². The molecule has 2 aromatic rings. The van der Waals surface area contributed by atoms with Gasteiger partial charge in [0.25, 0.3) is 0 Å². The first kappa shape index (κ1) is 15.8. The summed E-state index contributed by atoms with van der Waals surface area (Å²) < 4.78 is 10.7. The maximum Gasteiger partial charge on any atom is 0.124 e. The Morgan fingerprint density at radius 3 is 2.29 bits per heavy atom. The van der Waals surface area contributed by atoms with Gasteiger partial charge in [-0.25, -0.2) is 4.98 Å². The topological polar surface area (TPSA) is 43.4 Å². The lowest BCUT2D eigenvalue weighted by molar-refractivity contribution is 0.394. The van der Waals surface area contributed by atoms with Gasteiger partial charge in [-0.1, -0.05) is 13.8 Å². The van der Waals surface area contributed by atoms with E-state index in [1.807, 2.05) is 18.2 Å². The predicted octanol–water partition coefficient (Wildman–Crippen LogP) is 3.50. The zero-order chi connectivity index (χ0) is 15.2. The van der Waals surface area contributed by atoms with Crippen molar-refractivity contribution in [2.75, 3.05) is 20.8 Å². The van der Waals surface area contributed by atoms with Crippen LogP contribution in [0.25, 0.3) is 10.6 Å². The van der Waals surface area contributed by atoms with Crippen molar-refractivity contribution in [3.63, 3.8) is 0 Å². The van der Waals surface area contributed by atoms with Crippen LogP contribution < -0.4 is 14.8 Å². The van der Waals surface area contributed by atoms with Crippen LogP contribution in [0.5, 0.6) is 11.5 Å². The molecule has 114 valence electrons. The van der Waals surface area contributed by atoms with Crippen LogP contribution in [0.1, 0.15) is 24.4 Å². The standard InChI is InChI=1S/C16H22N2O2S/c1-5-14-15(10-17-6-2)21-16(18-14)11-7-12(19-3)9-13(8-11)20-4/h7-9,17H,5-6,10H2,1-4H3. The lowest BCUT2D eigenvalue weighted by Gasteiger charge is -2.06. The number of nitrogens with zero attached hydrogens (tertiary/aromatic N) is 1. The average molecular weight is 306 g/mol. The number of hydrogen-bond acceptors (Lipinski definition) is 5. The maximum atomic E-state index is 5.33. The number of thiazole rings is 1. The largest absolute Gasteiger partial charge is 0.497 e. The molecule has 0 aliphatic rings. The Balaban J connectivity index is 2.39. The molecule has 0 aliphatic carbocycles. The van der Waals surface area contributed by atoms with E-state index < -0.39 is 0 Å². The fraction of sp³-hybridized carbons (Fsp3) is 0.438. The van der Waals surface area contributed by atoms with Gasteiger partial charge in [-0.05, 0) is 25.1 Å². The summed E-state index contributed by atoms with van der Waals surface area (Å²) in [5.41, 5.74) is 2.20. The summed E-state index contributed by atoms with van der Waals surface area (Å²) in [6, 6.07) is 5.87. The van der Waals surface area contributed by atoms with Crippen LogP contribution in [0.15, 0.2) is 18.2 Å². The van der Waals surface area contributed by atoms with Crippen LogP contribution in [-0.4, -0.2) is 25.7 Å². The first-order valence-corrected chi connectivity index (χ1v) is 7.96. The number of nitrogens with one attached hydrogen (secondary N) is 1. The summed E-state index contributed by atoms with van der Waals surface area (Å²) in [5.74, 6) is 1.57. The minimum Gasteiger partial charge on any atom is -0.497 e. The molecule has 0 bridgehead atoms. The van der Waals surface area contributed by atoms with Gasteiger partial charge in [0, 0.05) is 23.1 Å². The Morgan fingerprint density at radius 2 is 1.76 bits per heavy atom. The van der Waals surface area contributed by atoms with E-state index in [0.29, 0.717) is 0 Å². The molecule has 2 rings (SSSR count). The average Bonchev–Trinajstić information content (AvgIpc) is 2.95. The third-order valence-electron chi connectivity index (χ3n) is 3.25. The van der Waals surface area contributed by atoms with Gasteiger partial charge in [0.1, 0.15) is 16.5 Å². The molecule has 1 aromatic heterocycles. The van der Waals surface area contributed by atoms with Gasteiger partial charge in [-0.3, -0.25) is 0 Å².